The zero-order valence-corrected chi connectivity index (χ0v) is 28.7. The van der Waals surface area contributed by atoms with Crippen molar-refractivity contribution in [3.05, 3.63) is 130 Å². The Hall–Kier alpha value is -4.14. The van der Waals surface area contributed by atoms with Gasteiger partial charge in [-0.2, -0.15) is 0 Å². The first-order valence-corrected chi connectivity index (χ1v) is 17.9. The van der Waals surface area contributed by atoms with Crippen LogP contribution in [0.3, 0.4) is 0 Å². The number of hydrogen-bond acceptors (Lipinski definition) is 4. The van der Waals surface area contributed by atoms with Gasteiger partial charge < -0.3 is 10.2 Å². The van der Waals surface area contributed by atoms with E-state index in [0.717, 1.165) is 47.9 Å². The number of anilines is 1. The quantitative estimate of drug-likeness (QED) is 0.173. The number of carbonyl (C=O) groups excluding carboxylic acids is 2. The van der Waals surface area contributed by atoms with Gasteiger partial charge in [0.25, 0.3) is 10.0 Å². The molecule has 1 atom stereocenters. The van der Waals surface area contributed by atoms with Crippen LogP contribution in [0.4, 0.5) is 5.69 Å². The number of amides is 2. The average Bonchev–Trinajstić information content (AvgIpc) is 3.56. The summed E-state index contributed by atoms with van der Waals surface area (Å²) in [7, 11) is -4.18. The van der Waals surface area contributed by atoms with Crippen LogP contribution in [-0.4, -0.2) is 43.8 Å². The number of benzene rings is 4. The third-order valence-electron chi connectivity index (χ3n) is 8.74. The van der Waals surface area contributed by atoms with Crippen LogP contribution in [0.1, 0.15) is 53.5 Å². The van der Waals surface area contributed by atoms with Crippen molar-refractivity contribution in [3.8, 4) is 0 Å². The van der Waals surface area contributed by atoms with Crippen molar-refractivity contribution < 1.29 is 18.0 Å². The summed E-state index contributed by atoms with van der Waals surface area (Å²) >= 11 is 6.36. The van der Waals surface area contributed by atoms with Crippen molar-refractivity contribution in [1.82, 2.24) is 10.2 Å². The summed E-state index contributed by atoms with van der Waals surface area (Å²) in [6, 6.07) is 28.0. The molecule has 1 saturated carbocycles. The van der Waals surface area contributed by atoms with Crippen LogP contribution >= 0.6 is 11.6 Å². The van der Waals surface area contributed by atoms with Gasteiger partial charge in [0.05, 0.1) is 10.6 Å². The lowest BCUT2D eigenvalue weighted by molar-refractivity contribution is -0.140. The molecule has 4 aromatic rings. The molecule has 1 aliphatic carbocycles. The molecule has 0 aromatic heterocycles. The minimum absolute atomic E-state index is 0.0391. The van der Waals surface area contributed by atoms with Gasteiger partial charge in [0.2, 0.25) is 11.8 Å². The monoisotopic (exact) mass is 671 g/mol. The third-order valence-corrected chi connectivity index (χ3v) is 10.7. The second kappa shape index (κ2) is 15.2. The highest BCUT2D eigenvalue weighted by molar-refractivity contribution is 7.92. The van der Waals surface area contributed by atoms with E-state index in [1.54, 1.807) is 48.5 Å². The Labute approximate surface area is 283 Å². The van der Waals surface area contributed by atoms with Crippen molar-refractivity contribution in [3.63, 3.8) is 0 Å². The van der Waals surface area contributed by atoms with Crippen LogP contribution in [0.5, 0.6) is 0 Å². The number of halogens is 1. The number of rotatable bonds is 12. The molecule has 0 bridgehead atoms. The molecule has 1 aliphatic rings. The normalized spacial score (nSPS) is 14.0. The molecule has 0 heterocycles. The van der Waals surface area contributed by atoms with Crippen LogP contribution < -0.4 is 9.62 Å². The molecule has 0 aliphatic heterocycles. The Bertz CT molecular complexity index is 1810. The van der Waals surface area contributed by atoms with Crippen LogP contribution in [0.2, 0.25) is 5.02 Å². The number of nitrogens with one attached hydrogen (secondary N) is 1. The fraction of sp³-hybridized carbons (Fsp3) is 0.316. The lowest BCUT2D eigenvalue weighted by Crippen LogP contribution is -2.54. The second-order valence-corrected chi connectivity index (χ2v) is 14.8. The van der Waals surface area contributed by atoms with E-state index in [2.05, 4.69) is 5.32 Å². The van der Waals surface area contributed by atoms with Gasteiger partial charge in [0.15, 0.2) is 0 Å². The number of sulfonamides is 1. The van der Waals surface area contributed by atoms with Crippen molar-refractivity contribution in [1.29, 1.82) is 0 Å². The number of hydrogen-bond donors (Lipinski definition) is 1. The van der Waals surface area contributed by atoms with Gasteiger partial charge >= 0.3 is 0 Å². The summed E-state index contributed by atoms with van der Waals surface area (Å²) in [5.74, 6) is -0.750. The van der Waals surface area contributed by atoms with Crippen molar-refractivity contribution in [2.24, 2.45) is 0 Å². The Kier molecular flexibility index (Phi) is 11.0. The maximum absolute atomic E-state index is 14.7. The third kappa shape index (κ3) is 8.62. The highest BCUT2D eigenvalue weighted by atomic mass is 35.5. The van der Waals surface area contributed by atoms with Gasteiger partial charge in [-0.1, -0.05) is 96.7 Å². The molecule has 4 aromatic carbocycles. The van der Waals surface area contributed by atoms with Gasteiger partial charge in [0, 0.05) is 24.0 Å². The van der Waals surface area contributed by atoms with Crippen LogP contribution in [-0.2, 0) is 32.6 Å². The zero-order valence-electron chi connectivity index (χ0n) is 27.2. The summed E-state index contributed by atoms with van der Waals surface area (Å²) in [4.78, 5) is 30.5. The molecule has 0 spiro atoms. The van der Waals surface area contributed by atoms with E-state index in [-0.39, 0.29) is 29.8 Å². The van der Waals surface area contributed by atoms with Gasteiger partial charge in [-0.05, 0) is 86.2 Å². The standard InChI is InChI=1S/C38H42ClN3O4S/c1-27-17-20-34(21-18-27)47(45,46)42(35-22-28(2)16-19-29(35)3)26-37(43)41(25-31-12-9-13-32(39)23-31)36(24-30-10-5-4-6-11-30)38(44)40-33-14-7-8-15-33/h4-6,9-13,16-23,33,36H,7-8,14-15,24-26H2,1-3H3,(H,40,44). The summed E-state index contributed by atoms with van der Waals surface area (Å²) in [5.41, 5.74) is 4.52. The van der Waals surface area contributed by atoms with Crippen molar-refractivity contribution >= 4 is 39.1 Å². The van der Waals surface area contributed by atoms with E-state index in [1.165, 1.54) is 9.21 Å². The molecule has 1 unspecified atom stereocenters. The van der Waals surface area contributed by atoms with E-state index in [0.29, 0.717) is 16.3 Å². The highest BCUT2D eigenvalue weighted by Gasteiger charge is 2.36. The molecule has 1 fully saturated rings. The summed E-state index contributed by atoms with van der Waals surface area (Å²) in [6.07, 6.45) is 4.13. The maximum atomic E-state index is 14.7. The smallest absolute Gasteiger partial charge is 0.264 e. The number of aryl methyl sites for hydroxylation is 3. The highest BCUT2D eigenvalue weighted by Crippen LogP contribution is 2.29. The molecular formula is C38H42ClN3O4S. The lowest BCUT2D eigenvalue weighted by Gasteiger charge is -2.34. The zero-order chi connectivity index (χ0) is 33.6. The van der Waals surface area contributed by atoms with Gasteiger partial charge in [-0.25, -0.2) is 8.42 Å². The topological polar surface area (TPSA) is 86.8 Å². The predicted molar refractivity (Wildman–Crippen MR) is 188 cm³/mol. The van der Waals surface area contributed by atoms with E-state index < -0.39 is 28.5 Å². The summed E-state index contributed by atoms with van der Waals surface area (Å²) in [6.45, 7) is 5.17. The first kappa shape index (κ1) is 34.2. The first-order valence-electron chi connectivity index (χ1n) is 16.1. The SMILES string of the molecule is Cc1ccc(S(=O)(=O)N(CC(=O)N(Cc2cccc(Cl)c2)C(Cc2ccccc2)C(=O)NC2CCCC2)c2cc(C)ccc2C)cc1. The van der Waals surface area contributed by atoms with E-state index in [1.807, 2.05) is 69.3 Å². The lowest BCUT2D eigenvalue weighted by atomic mass is 10.0. The Morgan fingerprint density at radius 2 is 1.49 bits per heavy atom. The molecule has 0 saturated heterocycles. The molecular weight excluding hydrogens is 630 g/mol. The van der Waals surface area contributed by atoms with Crippen LogP contribution in [0.15, 0.2) is 102 Å². The minimum Gasteiger partial charge on any atom is -0.352 e. The van der Waals surface area contributed by atoms with E-state index >= 15 is 0 Å². The first-order chi connectivity index (χ1) is 22.5. The molecule has 2 amide bonds. The number of nitrogens with zero attached hydrogens (tertiary/aromatic N) is 2. The Morgan fingerprint density at radius 3 is 2.17 bits per heavy atom. The fourth-order valence-corrected chi connectivity index (χ4v) is 7.78. The predicted octanol–water partition coefficient (Wildman–Crippen LogP) is 7.16. The molecule has 246 valence electrons. The van der Waals surface area contributed by atoms with Crippen LogP contribution in [0, 0.1) is 20.8 Å². The fourth-order valence-electron chi connectivity index (χ4n) is 6.09. The maximum Gasteiger partial charge on any atom is 0.264 e. The molecule has 47 heavy (non-hydrogen) atoms. The van der Waals surface area contributed by atoms with E-state index in [9.17, 15) is 18.0 Å². The molecule has 9 heteroatoms. The van der Waals surface area contributed by atoms with Gasteiger partial charge in [0.1, 0.15) is 12.6 Å². The summed E-state index contributed by atoms with van der Waals surface area (Å²) < 4.78 is 29.9. The van der Waals surface area contributed by atoms with Gasteiger partial charge in [-0.15, -0.1) is 0 Å². The molecule has 5 rings (SSSR count). The molecule has 0 radical (unpaired) electrons. The molecule has 1 N–H and O–H groups in total. The Morgan fingerprint density at radius 1 is 0.830 bits per heavy atom. The van der Waals surface area contributed by atoms with Gasteiger partial charge in [-0.3, -0.25) is 13.9 Å². The molecule has 7 nitrogen and oxygen atoms in total. The minimum atomic E-state index is -4.18. The average molecular weight is 672 g/mol. The largest absolute Gasteiger partial charge is 0.352 e. The van der Waals surface area contributed by atoms with Crippen LogP contribution in [0.25, 0.3) is 0 Å². The second-order valence-electron chi connectivity index (χ2n) is 12.5. The van der Waals surface area contributed by atoms with Crippen molar-refractivity contribution in [2.75, 3.05) is 10.8 Å². The van der Waals surface area contributed by atoms with E-state index in [4.69, 9.17) is 11.6 Å². The Balaban J connectivity index is 1.59. The summed E-state index contributed by atoms with van der Waals surface area (Å²) in [5, 5.41) is 3.71. The number of carbonyl (C=O) groups is 2. The van der Waals surface area contributed by atoms with Crippen molar-refractivity contribution in [2.45, 2.75) is 76.4 Å².